The van der Waals surface area contributed by atoms with Crippen LogP contribution in [0.15, 0.2) is 48.5 Å². The van der Waals surface area contributed by atoms with E-state index in [9.17, 15) is 19.2 Å². The van der Waals surface area contributed by atoms with Crippen LogP contribution in [0.2, 0.25) is 0 Å². The number of rotatable bonds is 6. The topological polar surface area (TPSA) is 111 Å². The summed E-state index contributed by atoms with van der Waals surface area (Å²) in [6.07, 6.45) is 0. The second-order valence-electron chi connectivity index (χ2n) is 7.55. The normalized spacial score (nSPS) is 13.3. The van der Waals surface area contributed by atoms with Crippen molar-refractivity contribution in [1.82, 2.24) is 10.2 Å². The number of amides is 4. The summed E-state index contributed by atoms with van der Waals surface area (Å²) in [5.41, 5.74) is 2.10. The van der Waals surface area contributed by atoms with E-state index in [4.69, 9.17) is 0 Å². The lowest BCUT2D eigenvalue weighted by Crippen LogP contribution is -2.51. The highest BCUT2D eigenvalue weighted by Crippen LogP contribution is 2.20. The highest BCUT2D eigenvalue weighted by atomic mass is 16.2. The number of nitrogens with zero attached hydrogens (tertiary/aromatic N) is 2. The van der Waals surface area contributed by atoms with E-state index in [0.29, 0.717) is 24.5 Å². The maximum atomic E-state index is 12.6. The van der Waals surface area contributed by atoms with E-state index < -0.39 is 5.91 Å². The first-order valence-electron chi connectivity index (χ1n) is 10.4. The van der Waals surface area contributed by atoms with E-state index in [2.05, 4.69) is 20.9 Å². The smallest absolute Gasteiger partial charge is 0.251 e. The third kappa shape index (κ3) is 6.31. The van der Waals surface area contributed by atoms with E-state index in [1.165, 1.54) is 26.0 Å². The number of carbonyl (C=O) groups is 4. The molecule has 0 saturated carbocycles. The zero-order valence-electron chi connectivity index (χ0n) is 18.2. The molecule has 1 saturated heterocycles. The zero-order chi connectivity index (χ0) is 23.1. The van der Waals surface area contributed by atoms with Crippen LogP contribution in [0.3, 0.4) is 0 Å². The Kier molecular flexibility index (Phi) is 7.43. The van der Waals surface area contributed by atoms with Crippen molar-refractivity contribution in [2.45, 2.75) is 13.8 Å². The maximum absolute atomic E-state index is 12.6. The molecule has 4 amide bonds. The van der Waals surface area contributed by atoms with Crippen LogP contribution in [0.5, 0.6) is 0 Å². The number of piperazine rings is 1. The summed E-state index contributed by atoms with van der Waals surface area (Å²) in [6, 6.07) is 14.6. The van der Waals surface area contributed by atoms with Crippen molar-refractivity contribution in [3.63, 3.8) is 0 Å². The third-order valence-corrected chi connectivity index (χ3v) is 4.99. The second-order valence-corrected chi connectivity index (χ2v) is 7.55. The SMILES string of the molecule is CC(=O)Nc1cc(NC(C)=O)cc(C(=O)NCC(=O)N2CCN(c3ccccc3)CC2)c1. The average molecular weight is 438 g/mol. The van der Waals surface area contributed by atoms with Crippen molar-refractivity contribution in [3.8, 4) is 0 Å². The van der Waals surface area contributed by atoms with Gasteiger partial charge in [-0.2, -0.15) is 0 Å². The highest BCUT2D eigenvalue weighted by Gasteiger charge is 2.22. The molecular weight excluding hydrogens is 410 g/mol. The van der Waals surface area contributed by atoms with E-state index in [-0.39, 0.29) is 29.8 Å². The van der Waals surface area contributed by atoms with Gasteiger partial charge in [0.25, 0.3) is 5.91 Å². The Hall–Kier alpha value is -3.88. The van der Waals surface area contributed by atoms with E-state index >= 15 is 0 Å². The van der Waals surface area contributed by atoms with Gasteiger partial charge in [0.15, 0.2) is 0 Å². The molecule has 168 valence electrons. The summed E-state index contributed by atoms with van der Waals surface area (Å²) in [4.78, 5) is 51.9. The minimum atomic E-state index is -0.472. The van der Waals surface area contributed by atoms with Gasteiger partial charge in [-0.05, 0) is 30.3 Å². The third-order valence-electron chi connectivity index (χ3n) is 4.99. The molecule has 0 aromatic heterocycles. The maximum Gasteiger partial charge on any atom is 0.251 e. The largest absolute Gasteiger partial charge is 0.368 e. The number of para-hydroxylation sites is 1. The van der Waals surface area contributed by atoms with Gasteiger partial charge in [-0.1, -0.05) is 18.2 Å². The fourth-order valence-electron chi connectivity index (χ4n) is 3.53. The van der Waals surface area contributed by atoms with Crippen LogP contribution in [0.4, 0.5) is 17.1 Å². The number of benzene rings is 2. The molecule has 0 radical (unpaired) electrons. The van der Waals surface area contributed by atoms with Crippen LogP contribution < -0.4 is 20.9 Å². The lowest BCUT2D eigenvalue weighted by Gasteiger charge is -2.36. The zero-order valence-corrected chi connectivity index (χ0v) is 18.2. The Morgan fingerprint density at radius 2 is 1.38 bits per heavy atom. The van der Waals surface area contributed by atoms with Gasteiger partial charge in [0.1, 0.15) is 0 Å². The van der Waals surface area contributed by atoms with Gasteiger partial charge < -0.3 is 25.8 Å². The van der Waals surface area contributed by atoms with Crippen LogP contribution in [-0.4, -0.2) is 61.3 Å². The van der Waals surface area contributed by atoms with Crippen molar-refractivity contribution in [2.24, 2.45) is 0 Å². The van der Waals surface area contributed by atoms with Gasteiger partial charge in [0.2, 0.25) is 17.7 Å². The molecule has 3 N–H and O–H groups in total. The molecule has 0 spiro atoms. The molecule has 1 aliphatic rings. The number of anilines is 3. The Morgan fingerprint density at radius 1 is 0.812 bits per heavy atom. The van der Waals surface area contributed by atoms with Gasteiger partial charge in [-0.25, -0.2) is 0 Å². The predicted octanol–water partition coefficient (Wildman–Crippen LogP) is 1.68. The van der Waals surface area contributed by atoms with Crippen molar-refractivity contribution < 1.29 is 19.2 Å². The molecule has 2 aromatic rings. The lowest BCUT2D eigenvalue weighted by molar-refractivity contribution is -0.130. The summed E-state index contributed by atoms with van der Waals surface area (Å²) in [5, 5.41) is 7.83. The summed E-state index contributed by atoms with van der Waals surface area (Å²) in [5.74, 6) is -1.24. The number of carbonyl (C=O) groups excluding carboxylic acids is 4. The molecule has 32 heavy (non-hydrogen) atoms. The number of hydrogen-bond acceptors (Lipinski definition) is 5. The summed E-state index contributed by atoms with van der Waals surface area (Å²) in [7, 11) is 0. The Morgan fingerprint density at radius 3 is 1.91 bits per heavy atom. The van der Waals surface area contributed by atoms with Crippen molar-refractivity contribution in [2.75, 3.05) is 48.3 Å². The molecule has 0 atom stereocenters. The minimum Gasteiger partial charge on any atom is -0.368 e. The Labute approximate surface area is 186 Å². The van der Waals surface area contributed by atoms with Crippen molar-refractivity contribution >= 4 is 40.7 Å². The van der Waals surface area contributed by atoms with Gasteiger partial charge in [-0.15, -0.1) is 0 Å². The molecular formula is C23H27N5O4. The fraction of sp³-hybridized carbons (Fsp3) is 0.304. The predicted molar refractivity (Wildman–Crippen MR) is 123 cm³/mol. The van der Waals surface area contributed by atoms with Crippen LogP contribution in [0.25, 0.3) is 0 Å². The Bertz CT molecular complexity index is 966. The van der Waals surface area contributed by atoms with Gasteiger partial charge in [-0.3, -0.25) is 19.2 Å². The van der Waals surface area contributed by atoms with Crippen molar-refractivity contribution in [3.05, 3.63) is 54.1 Å². The molecule has 1 heterocycles. The summed E-state index contributed by atoms with van der Waals surface area (Å²) < 4.78 is 0. The lowest BCUT2D eigenvalue weighted by atomic mass is 10.1. The quantitative estimate of drug-likeness (QED) is 0.637. The molecule has 1 fully saturated rings. The van der Waals surface area contributed by atoms with E-state index in [0.717, 1.165) is 18.8 Å². The molecule has 9 nitrogen and oxygen atoms in total. The monoisotopic (exact) mass is 437 g/mol. The molecule has 3 rings (SSSR count). The van der Waals surface area contributed by atoms with Crippen LogP contribution in [0, 0.1) is 0 Å². The highest BCUT2D eigenvalue weighted by molar-refractivity contribution is 6.01. The number of nitrogens with one attached hydrogen (secondary N) is 3. The molecule has 0 unspecified atom stereocenters. The first-order valence-corrected chi connectivity index (χ1v) is 10.4. The summed E-state index contributed by atoms with van der Waals surface area (Å²) >= 11 is 0. The van der Waals surface area contributed by atoms with Gasteiger partial charge in [0, 0.05) is 62.7 Å². The molecule has 0 aliphatic carbocycles. The van der Waals surface area contributed by atoms with E-state index in [1.807, 2.05) is 30.3 Å². The standard InChI is InChI=1S/C23H27N5O4/c1-16(29)25-19-12-18(13-20(14-19)26-17(2)30)23(32)24-15-22(31)28-10-8-27(9-11-28)21-6-4-3-5-7-21/h3-7,12-14H,8-11,15H2,1-2H3,(H,24,32)(H,25,29)(H,26,30). The first-order chi connectivity index (χ1) is 15.3. The minimum absolute atomic E-state index is 0.135. The van der Waals surface area contributed by atoms with Gasteiger partial charge >= 0.3 is 0 Å². The van der Waals surface area contributed by atoms with Gasteiger partial charge in [0.05, 0.1) is 6.54 Å². The first kappa shape index (κ1) is 22.8. The molecule has 1 aliphatic heterocycles. The fourth-order valence-corrected chi connectivity index (χ4v) is 3.53. The molecule has 2 aromatic carbocycles. The number of hydrogen-bond donors (Lipinski definition) is 3. The van der Waals surface area contributed by atoms with Crippen molar-refractivity contribution in [1.29, 1.82) is 0 Å². The average Bonchev–Trinajstić information content (AvgIpc) is 2.77. The van der Waals surface area contributed by atoms with E-state index in [1.54, 1.807) is 11.0 Å². The molecule has 9 heteroatoms. The van der Waals surface area contributed by atoms with Crippen LogP contribution in [0.1, 0.15) is 24.2 Å². The van der Waals surface area contributed by atoms with Crippen LogP contribution in [-0.2, 0) is 14.4 Å². The second kappa shape index (κ2) is 10.4. The molecule has 0 bridgehead atoms. The summed E-state index contributed by atoms with van der Waals surface area (Å²) in [6.45, 7) is 5.17. The van der Waals surface area contributed by atoms with Crippen LogP contribution >= 0.6 is 0 Å². The Balaban J connectivity index is 1.57.